The standard InChI is InChI=1S/C8H10O5/c1-12-6(10)8(7(11)13-2)3-5(8)4-9/h4-5H,3H2,1-2H3. The minimum absolute atomic E-state index is 0.190. The zero-order chi connectivity index (χ0) is 10.1. The molecule has 5 heteroatoms. The van der Waals surface area contributed by atoms with Crippen molar-refractivity contribution in [2.45, 2.75) is 6.42 Å². The first-order chi connectivity index (χ1) is 6.13. The highest BCUT2D eigenvalue weighted by Gasteiger charge is 2.68. The molecule has 13 heavy (non-hydrogen) atoms. The second kappa shape index (κ2) is 3.16. The zero-order valence-corrected chi connectivity index (χ0v) is 7.40. The second-order valence-corrected chi connectivity index (χ2v) is 2.90. The Hall–Kier alpha value is -1.39. The van der Waals surface area contributed by atoms with Crippen molar-refractivity contribution in [3.63, 3.8) is 0 Å². The summed E-state index contributed by atoms with van der Waals surface area (Å²) < 4.78 is 8.87. The topological polar surface area (TPSA) is 69.7 Å². The van der Waals surface area contributed by atoms with Gasteiger partial charge < -0.3 is 14.3 Å². The van der Waals surface area contributed by atoms with Gasteiger partial charge in [0.15, 0.2) is 5.41 Å². The van der Waals surface area contributed by atoms with Crippen LogP contribution in [0.3, 0.4) is 0 Å². The molecular weight excluding hydrogens is 176 g/mol. The molecule has 1 fully saturated rings. The summed E-state index contributed by atoms with van der Waals surface area (Å²) in [5, 5.41) is 0. The van der Waals surface area contributed by atoms with Gasteiger partial charge in [-0.15, -0.1) is 0 Å². The van der Waals surface area contributed by atoms with Crippen molar-refractivity contribution >= 4 is 18.2 Å². The predicted octanol–water partition coefficient (Wildman–Crippen LogP) is -0.462. The molecule has 1 aliphatic carbocycles. The number of carbonyl (C=O) groups is 3. The average Bonchev–Trinajstić information content (AvgIpc) is 2.91. The largest absolute Gasteiger partial charge is 0.468 e. The highest BCUT2D eigenvalue weighted by Crippen LogP contribution is 2.53. The number of hydrogen-bond acceptors (Lipinski definition) is 5. The van der Waals surface area contributed by atoms with Crippen LogP contribution in [-0.2, 0) is 23.9 Å². The van der Waals surface area contributed by atoms with Crippen molar-refractivity contribution in [2.75, 3.05) is 14.2 Å². The zero-order valence-electron chi connectivity index (χ0n) is 7.40. The number of methoxy groups -OCH3 is 2. The lowest BCUT2D eigenvalue weighted by Crippen LogP contribution is -2.30. The van der Waals surface area contributed by atoms with E-state index in [9.17, 15) is 14.4 Å². The molecule has 0 heterocycles. The number of esters is 2. The van der Waals surface area contributed by atoms with Gasteiger partial charge in [-0.05, 0) is 6.42 Å². The summed E-state index contributed by atoms with van der Waals surface area (Å²) in [5.41, 5.74) is -1.36. The molecule has 0 aliphatic heterocycles. The first-order valence-corrected chi connectivity index (χ1v) is 3.75. The third kappa shape index (κ3) is 1.20. The first kappa shape index (κ1) is 9.70. The normalized spacial score (nSPS) is 23.1. The minimum atomic E-state index is -1.36. The van der Waals surface area contributed by atoms with E-state index >= 15 is 0 Å². The van der Waals surface area contributed by atoms with Crippen LogP contribution < -0.4 is 0 Å². The van der Waals surface area contributed by atoms with Gasteiger partial charge in [-0.25, -0.2) is 0 Å². The quantitative estimate of drug-likeness (QED) is 0.339. The summed E-state index contributed by atoms with van der Waals surface area (Å²) in [5.74, 6) is -1.99. The third-order valence-electron chi connectivity index (χ3n) is 2.28. The van der Waals surface area contributed by atoms with E-state index in [4.69, 9.17) is 0 Å². The van der Waals surface area contributed by atoms with Crippen molar-refractivity contribution in [1.29, 1.82) is 0 Å². The molecule has 0 aromatic heterocycles. The maximum Gasteiger partial charge on any atom is 0.323 e. The van der Waals surface area contributed by atoms with Gasteiger partial charge in [0, 0.05) is 5.92 Å². The smallest absolute Gasteiger partial charge is 0.323 e. The fourth-order valence-electron chi connectivity index (χ4n) is 1.37. The van der Waals surface area contributed by atoms with Crippen LogP contribution in [0.2, 0.25) is 0 Å². The highest BCUT2D eigenvalue weighted by atomic mass is 16.5. The van der Waals surface area contributed by atoms with E-state index < -0.39 is 23.3 Å². The molecule has 1 unspecified atom stereocenters. The van der Waals surface area contributed by atoms with Crippen LogP contribution in [0.25, 0.3) is 0 Å². The van der Waals surface area contributed by atoms with Crippen molar-refractivity contribution < 1.29 is 23.9 Å². The van der Waals surface area contributed by atoms with Crippen molar-refractivity contribution in [1.82, 2.24) is 0 Å². The summed E-state index contributed by atoms with van der Waals surface area (Å²) in [4.78, 5) is 32.8. The molecular formula is C8H10O5. The third-order valence-corrected chi connectivity index (χ3v) is 2.28. The van der Waals surface area contributed by atoms with Crippen molar-refractivity contribution in [2.24, 2.45) is 11.3 Å². The molecule has 0 bridgehead atoms. The summed E-state index contributed by atoms with van der Waals surface area (Å²) in [7, 11) is 2.35. The van der Waals surface area contributed by atoms with Crippen LogP contribution in [0.4, 0.5) is 0 Å². The Morgan fingerprint density at radius 2 is 1.77 bits per heavy atom. The van der Waals surface area contributed by atoms with Gasteiger partial charge in [-0.3, -0.25) is 9.59 Å². The summed E-state index contributed by atoms with van der Waals surface area (Å²) in [6.45, 7) is 0. The van der Waals surface area contributed by atoms with E-state index in [1.54, 1.807) is 0 Å². The van der Waals surface area contributed by atoms with Gasteiger partial charge in [0.05, 0.1) is 14.2 Å². The van der Waals surface area contributed by atoms with Gasteiger partial charge >= 0.3 is 11.9 Å². The van der Waals surface area contributed by atoms with Gasteiger partial charge in [0.1, 0.15) is 6.29 Å². The maximum absolute atomic E-state index is 11.2. The molecule has 1 aliphatic rings. The molecule has 1 saturated carbocycles. The Labute approximate surface area is 75.0 Å². The van der Waals surface area contributed by atoms with Gasteiger partial charge in [0.2, 0.25) is 0 Å². The summed E-state index contributed by atoms with van der Waals surface area (Å²) >= 11 is 0. The molecule has 0 saturated heterocycles. The monoisotopic (exact) mass is 186 g/mol. The Morgan fingerprint density at radius 1 is 1.31 bits per heavy atom. The van der Waals surface area contributed by atoms with Crippen molar-refractivity contribution in [3.05, 3.63) is 0 Å². The van der Waals surface area contributed by atoms with Crippen LogP contribution in [0.5, 0.6) is 0 Å². The molecule has 0 aromatic rings. The predicted molar refractivity (Wildman–Crippen MR) is 40.6 cm³/mol. The van der Waals surface area contributed by atoms with Crippen molar-refractivity contribution in [3.8, 4) is 0 Å². The number of aldehydes is 1. The van der Waals surface area contributed by atoms with Crippen LogP contribution in [0, 0.1) is 11.3 Å². The molecule has 0 N–H and O–H groups in total. The van der Waals surface area contributed by atoms with E-state index in [1.807, 2.05) is 0 Å². The highest BCUT2D eigenvalue weighted by molar-refractivity contribution is 6.07. The summed E-state index contributed by atoms with van der Waals surface area (Å²) in [6, 6.07) is 0. The van der Waals surface area contributed by atoms with Crippen LogP contribution in [0.15, 0.2) is 0 Å². The molecule has 0 aromatic carbocycles. The average molecular weight is 186 g/mol. The second-order valence-electron chi connectivity index (χ2n) is 2.90. The minimum Gasteiger partial charge on any atom is -0.468 e. The lowest BCUT2D eigenvalue weighted by atomic mass is 10.1. The molecule has 0 radical (unpaired) electrons. The number of rotatable bonds is 3. The first-order valence-electron chi connectivity index (χ1n) is 3.75. The lowest BCUT2D eigenvalue weighted by Gasteiger charge is -2.09. The van der Waals surface area contributed by atoms with E-state index in [0.29, 0.717) is 6.29 Å². The fourth-order valence-corrected chi connectivity index (χ4v) is 1.37. The van der Waals surface area contributed by atoms with Crippen LogP contribution >= 0.6 is 0 Å². The van der Waals surface area contributed by atoms with E-state index in [-0.39, 0.29) is 6.42 Å². The summed E-state index contributed by atoms with van der Waals surface area (Å²) in [6.07, 6.45) is 0.768. The number of carbonyl (C=O) groups excluding carboxylic acids is 3. The van der Waals surface area contributed by atoms with E-state index in [1.165, 1.54) is 14.2 Å². The Morgan fingerprint density at radius 3 is 2.00 bits per heavy atom. The Bertz CT molecular complexity index is 241. The lowest BCUT2D eigenvalue weighted by molar-refractivity contribution is -0.162. The van der Waals surface area contributed by atoms with Crippen LogP contribution in [-0.4, -0.2) is 32.4 Å². The van der Waals surface area contributed by atoms with Crippen LogP contribution in [0.1, 0.15) is 6.42 Å². The SMILES string of the molecule is COC(=O)C1(C(=O)OC)CC1C=O. The Kier molecular flexibility index (Phi) is 2.36. The molecule has 72 valence electrons. The van der Waals surface area contributed by atoms with Gasteiger partial charge in [-0.2, -0.15) is 0 Å². The molecule has 1 atom stereocenters. The molecule has 1 rings (SSSR count). The van der Waals surface area contributed by atoms with Gasteiger partial charge in [-0.1, -0.05) is 0 Å². The maximum atomic E-state index is 11.2. The molecule has 0 spiro atoms. The molecule has 5 nitrogen and oxygen atoms in total. The Balaban J connectivity index is 2.86. The number of hydrogen-bond donors (Lipinski definition) is 0. The fraction of sp³-hybridized carbons (Fsp3) is 0.625. The number of ether oxygens (including phenoxy) is 2. The molecule has 0 amide bonds. The van der Waals surface area contributed by atoms with E-state index in [2.05, 4.69) is 9.47 Å². The van der Waals surface area contributed by atoms with E-state index in [0.717, 1.165) is 0 Å². The van der Waals surface area contributed by atoms with Gasteiger partial charge in [0.25, 0.3) is 0 Å².